The summed E-state index contributed by atoms with van der Waals surface area (Å²) in [5.74, 6) is 12.5. The number of aromatic nitrogens is 4. The quantitative estimate of drug-likeness (QED) is 0.230. The molecular weight excluding hydrogens is 388 g/mol. The second-order valence-electron chi connectivity index (χ2n) is 7.55. The molecule has 0 saturated carbocycles. The minimum Gasteiger partial charge on any atom is -0.321 e. The van der Waals surface area contributed by atoms with Crippen molar-refractivity contribution >= 4 is 17.0 Å². The first-order valence-electron chi connectivity index (χ1n) is 10.1. The molecule has 0 atom stereocenters. The molecule has 0 bridgehead atoms. The maximum atomic E-state index is 5.81. The van der Waals surface area contributed by atoms with Crippen molar-refractivity contribution in [2.45, 2.75) is 27.3 Å². The summed E-state index contributed by atoms with van der Waals surface area (Å²) >= 11 is 0. The second kappa shape index (κ2) is 8.16. The fraction of sp³-hybridized carbons (Fsp3) is 0.217. The Morgan fingerprint density at radius 3 is 2.42 bits per heavy atom. The van der Waals surface area contributed by atoms with Gasteiger partial charge in [0.05, 0.1) is 0 Å². The predicted molar refractivity (Wildman–Crippen MR) is 124 cm³/mol. The molecule has 8 heteroatoms. The standard InChI is InChI=1S/C23H26N8/c1-5-31-21(26-19-13-20(28-29-23(19)31)22(27-24)30(4)25)18-9-7-6-8-17(18)16-11-10-14(2)12-15(16)3/h6-13H,5,24-25H2,1-4H3/b27-22-. The zero-order chi connectivity index (χ0) is 22.1. The van der Waals surface area contributed by atoms with Gasteiger partial charge in [-0.15, -0.1) is 10.2 Å². The fourth-order valence-corrected chi connectivity index (χ4v) is 3.91. The molecule has 158 valence electrons. The summed E-state index contributed by atoms with van der Waals surface area (Å²) in [6.45, 7) is 7.01. The van der Waals surface area contributed by atoms with E-state index in [-0.39, 0.29) is 0 Å². The van der Waals surface area contributed by atoms with E-state index in [0.29, 0.717) is 29.2 Å². The largest absolute Gasteiger partial charge is 0.321 e. The van der Waals surface area contributed by atoms with Crippen LogP contribution in [0.15, 0.2) is 53.6 Å². The summed E-state index contributed by atoms with van der Waals surface area (Å²) in [5.41, 5.74) is 7.70. The SMILES string of the molecule is CCn1c(-c2ccccc2-c2ccc(C)cc2C)nc2cc(/C(=N/N)N(C)N)nnc21. The van der Waals surface area contributed by atoms with Gasteiger partial charge in [0.15, 0.2) is 11.5 Å². The number of fused-ring (bicyclic) bond motifs is 1. The van der Waals surface area contributed by atoms with Crippen LogP contribution in [0.25, 0.3) is 33.7 Å². The Morgan fingerprint density at radius 1 is 1.03 bits per heavy atom. The highest BCUT2D eigenvalue weighted by Gasteiger charge is 2.19. The molecule has 2 aromatic heterocycles. The number of nitrogens with two attached hydrogens (primary N) is 2. The molecule has 0 unspecified atom stereocenters. The highest BCUT2D eigenvalue weighted by molar-refractivity contribution is 5.98. The lowest BCUT2D eigenvalue weighted by molar-refractivity contribution is 0.535. The van der Waals surface area contributed by atoms with E-state index < -0.39 is 0 Å². The second-order valence-corrected chi connectivity index (χ2v) is 7.55. The zero-order valence-electron chi connectivity index (χ0n) is 18.2. The third-order valence-corrected chi connectivity index (χ3v) is 5.33. The molecule has 0 radical (unpaired) electrons. The summed E-state index contributed by atoms with van der Waals surface area (Å²) in [6.07, 6.45) is 0. The van der Waals surface area contributed by atoms with E-state index in [1.807, 2.05) is 12.1 Å². The molecule has 8 nitrogen and oxygen atoms in total. The number of hydrazine groups is 1. The van der Waals surface area contributed by atoms with Crippen molar-refractivity contribution in [3.05, 3.63) is 65.4 Å². The van der Waals surface area contributed by atoms with E-state index in [9.17, 15) is 0 Å². The van der Waals surface area contributed by atoms with Crippen LogP contribution in [0.5, 0.6) is 0 Å². The molecule has 4 aromatic rings. The van der Waals surface area contributed by atoms with Gasteiger partial charge in [-0.2, -0.15) is 5.10 Å². The molecule has 0 aliphatic carbocycles. The molecule has 2 aromatic carbocycles. The summed E-state index contributed by atoms with van der Waals surface area (Å²) in [7, 11) is 1.65. The van der Waals surface area contributed by atoms with Crippen molar-refractivity contribution in [2.75, 3.05) is 7.05 Å². The molecule has 0 amide bonds. The summed E-state index contributed by atoms with van der Waals surface area (Å²) < 4.78 is 2.07. The number of aryl methyl sites for hydroxylation is 3. The van der Waals surface area contributed by atoms with Crippen molar-refractivity contribution in [1.82, 2.24) is 24.8 Å². The first-order valence-corrected chi connectivity index (χ1v) is 10.1. The van der Waals surface area contributed by atoms with Crippen LogP contribution in [-0.2, 0) is 6.54 Å². The lowest BCUT2D eigenvalue weighted by atomic mass is 9.94. The maximum Gasteiger partial charge on any atom is 0.189 e. The Hall–Kier alpha value is -3.78. The van der Waals surface area contributed by atoms with Gasteiger partial charge in [-0.05, 0) is 43.5 Å². The number of imidazole rings is 1. The molecular formula is C23H26N8. The first-order chi connectivity index (χ1) is 14.9. The number of hydrazone groups is 1. The van der Waals surface area contributed by atoms with Crippen molar-refractivity contribution in [2.24, 2.45) is 16.8 Å². The number of hydrogen-bond donors (Lipinski definition) is 2. The lowest BCUT2D eigenvalue weighted by Crippen LogP contribution is -2.35. The Balaban J connectivity index is 1.93. The molecule has 31 heavy (non-hydrogen) atoms. The van der Waals surface area contributed by atoms with E-state index in [2.05, 4.69) is 77.0 Å². The zero-order valence-corrected chi connectivity index (χ0v) is 18.2. The van der Waals surface area contributed by atoms with Crippen molar-refractivity contribution in [3.8, 4) is 22.5 Å². The molecule has 0 saturated heterocycles. The Morgan fingerprint density at radius 2 is 1.77 bits per heavy atom. The number of rotatable bonds is 4. The number of amidine groups is 1. The van der Waals surface area contributed by atoms with Crippen LogP contribution in [0, 0.1) is 13.8 Å². The Bertz CT molecular complexity index is 1290. The summed E-state index contributed by atoms with van der Waals surface area (Å²) in [6, 6.07) is 16.6. The van der Waals surface area contributed by atoms with Crippen molar-refractivity contribution in [3.63, 3.8) is 0 Å². The molecule has 0 aliphatic heterocycles. The average Bonchev–Trinajstić information content (AvgIpc) is 3.12. The van der Waals surface area contributed by atoms with Crippen LogP contribution in [-0.4, -0.2) is 37.6 Å². The number of nitrogens with zero attached hydrogens (tertiary/aromatic N) is 6. The molecule has 2 heterocycles. The molecule has 4 rings (SSSR count). The van der Waals surface area contributed by atoms with Gasteiger partial charge in [-0.25, -0.2) is 10.8 Å². The Kier molecular flexibility index (Phi) is 5.39. The molecule has 4 N–H and O–H groups in total. The van der Waals surface area contributed by atoms with E-state index in [0.717, 1.165) is 17.0 Å². The van der Waals surface area contributed by atoms with Crippen LogP contribution in [0.3, 0.4) is 0 Å². The van der Waals surface area contributed by atoms with Crippen LogP contribution >= 0.6 is 0 Å². The topological polar surface area (TPSA) is 111 Å². The molecule has 0 fully saturated rings. The average molecular weight is 415 g/mol. The van der Waals surface area contributed by atoms with Crippen molar-refractivity contribution < 1.29 is 0 Å². The van der Waals surface area contributed by atoms with E-state index in [4.69, 9.17) is 16.7 Å². The van der Waals surface area contributed by atoms with Crippen LogP contribution in [0.1, 0.15) is 23.7 Å². The van der Waals surface area contributed by atoms with Crippen LogP contribution in [0.2, 0.25) is 0 Å². The first kappa shape index (κ1) is 20.5. The van der Waals surface area contributed by atoms with E-state index in [1.165, 1.54) is 21.7 Å². The van der Waals surface area contributed by atoms with Gasteiger partial charge < -0.3 is 10.4 Å². The van der Waals surface area contributed by atoms with Gasteiger partial charge in [0.1, 0.15) is 17.0 Å². The van der Waals surface area contributed by atoms with Crippen LogP contribution < -0.4 is 11.7 Å². The van der Waals surface area contributed by atoms with Crippen molar-refractivity contribution in [1.29, 1.82) is 0 Å². The summed E-state index contributed by atoms with van der Waals surface area (Å²) in [5, 5.41) is 13.7. The van der Waals surface area contributed by atoms with Gasteiger partial charge in [-0.1, -0.05) is 48.0 Å². The monoisotopic (exact) mass is 414 g/mol. The van der Waals surface area contributed by atoms with Gasteiger partial charge in [0, 0.05) is 19.2 Å². The maximum absolute atomic E-state index is 5.81. The minimum absolute atomic E-state index is 0.331. The molecule has 0 aliphatic rings. The number of hydrogen-bond acceptors (Lipinski definition) is 6. The highest BCUT2D eigenvalue weighted by atomic mass is 15.4. The van der Waals surface area contributed by atoms with Gasteiger partial charge in [-0.3, -0.25) is 5.01 Å². The highest BCUT2D eigenvalue weighted by Crippen LogP contribution is 2.35. The van der Waals surface area contributed by atoms with E-state index >= 15 is 0 Å². The van der Waals surface area contributed by atoms with E-state index in [1.54, 1.807) is 7.05 Å². The fourth-order valence-electron chi connectivity index (χ4n) is 3.91. The summed E-state index contributed by atoms with van der Waals surface area (Å²) in [4.78, 5) is 4.93. The van der Waals surface area contributed by atoms with Gasteiger partial charge in [0.25, 0.3) is 0 Å². The third kappa shape index (κ3) is 3.62. The number of benzene rings is 2. The Labute approximate surface area is 181 Å². The predicted octanol–water partition coefficient (Wildman–Crippen LogP) is 3.22. The molecule has 0 spiro atoms. The lowest BCUT2D eigenvalue weighted by Gasteiger charge is -2.13. The van der Waals surface area contributed by atoms with Gasteiger partial charge >= 0.3 is 0 Å². The smallest absolute Gasteiger partial charge is 0.189 e. The minimum atomic E-state index is 0.331. The van der Waals surface area contributed by atoms with Gasteiger partial charge in [0.2, 0.25) is 0 Å². The third-order valence-electron chi connectivity index (χ3n) is 5.33. The van der Waals surface area contributed by atoms with Crippen LogP contribution in [0.4, 0.5) is 0 Å². The normalized spacial score (nSPS) is 11.8.